The summed E-state index contributed by atoms with van der Waals surface area (Å²) >= 11 is 1.84. The van der Waals surface area contributed by atoms with E-state index in [4.69, 9.17) is 15.0 Å². The molecule has 0 radical (unpaired) electrons. The van der Waals surface area contributed by atoms with Gasteiger partial charge < -0.3 is 0 Å². The number of benzene rings is 8. The highest BCUT2D eigenvalue weighted by Crippen LogP contribution is 2.40. The van der Waals surface area contributed by atoms with E-state index in [1.807, 2.05) is 11.3 Å². The third-order valence-electron chi connectivity index (χ3n) is 9.74. The van der Waals surface area contributed by atoms with Gasteiger partial charge in [0.2, 0.25) is 0 Å². The number of thiophene rings is 1. The smallest absolute Gasteiger partial charge is 0.164 e. The lowest BCUT2D eigenvalue weighted by Crippen LogP contribution is -2.00. The highest BCUT2D eigenvalue weighted by Gasteiger charge is 2.15. The van der Waals surface area contributed by atoms with Crippen LogP contribution in [-0.2, 0) is 0 Å². The van der Waals surface area contributed by atoms with Crippen LogP contribution in [0.15, 0.2) is 176 Å². The summed E-state index contributed by atoms with van der Waals surface area (Å²) in [6, 6.07) is 62.2. The Bertz CT molecular complexity index is 2900. The first-order valence-corrected chi connectivity index (χ1v) is 17.9. The first kappa shape index (κ1) is 29.4. The van der Waals surface area contributed by atoms with Crippen LogP contribution in [0.2, 0.25) is 0 Å². The van der Waals surface area contributed by atoms with Gasteiger partial charge in [-0.3, -0.25) is 0 Å². The van der Waals surface area contributed by atoms with Gasteiger partial charge in [-0.05, 0) is 62.0 Å². The molecule has 0 aliphatic heterocycles. The molecule has 0 saturated heterocycles. The molecule has 10 aromatic rings. The SMILES string of the molecule is c1ccc2cc(-c3nc(-c4ccc(-c5cccc6ccccc56)cc4)nc(-c4ccc(-c5cccc6sc7ccccc7c56)cc4)n3)ccc2c1. The van der Waals surface area contributed by atoms with Gasteiger partial charge in [-0.25, -0.2) is 15.0 Å². The highest BCUT2D eigenvalue weighted by molar-refractivity contribution is 7.25. The van der Waals surface area contributed by atoms with E-state index < -0.39 is 0 Å². The molecule has 0 N–H and O–H groups in total. The van der Waals surface area contributed by atoms with Crippen LogP contribution in [-0.4, -0.2) is 15.0 Å². The largest absolute Gasteiger partial charge is 0.208 e. The van der Waals surface area contributed by atoms with E-state index in [1.54, 1.807) is 0 Å². The van der Waals surface area contributed by atoms with Gasteiger partial charge in [-0.2, -0.15) is 0 Å². The van der Waals surface area contributed by atoms with Crippen molar-refractivity contribution < 1.29 is 0 Å². The van der Waals surface area contributed by atoms with E-state index in [0.717, 1.165) is 27.6 Å². The van der Waals surface area contributed by atoms with Crippen molar-refractivity contribution in [2.24, 2.45) is 0 Å². The molecule has 8 aromatic carbocycles. The molecule has 4 heteroatoms. The second kappa shape index (κ2) is 12.1. The second-order valence-corrected chi connectivity index (χ2v) is 13.9. The molecule has 51 heavy (non-hydrogen) atoms. The monoisotopic (exact) mass is 667 g/mol. The lowest BCUT2D eigenvalue weighted by atomic mass is 9.97. The quantitative estimate of drug-likeness (QED) is 0.183. The summed E-state index contributed by atoms with van der Waals surface area (Å²) in [6.45, 7) is 0. The van der Waals surface area contributed by atoms with Crippen LogP contribution in [0, 0.1) is 0 Å². The maximum Gasteiger partial charge on any atom is 0.164 e. The van der Waals surface area contributed by atoms with Gasteiger partial charge in [-0.15, -0.1) is 11.3 Å². The molecule has 0 aliphatic rings. The molecule has 0 bridgehead atoms. The number of aromatic nitrogens is 3. The third-order valence-corrected chi connectivity index (χ3v) is 10.9. The number of nitrogens with zero attached hydrogens (tertiary/aromatic N) is 3. The molecule has 0 spiro atoms. The molecule has 2 aromatic heterocycles. The maximum absolute atomic E-state index is 5.08. The van der Waals surface area contributed by atoms with Crippen LogP contribution in [0.3, 0.4) is 0 Å². The van der Waals surface area contributed by atoms with E-state index in [0.29, 0.717) is 17.5 Å². The van der Waals surface area contributed by atoms with Gasteiger partial charge in [0.25, 0.3) is 0 Å². The van der Waals surface area contributed by atoms with Crippen molar-refractivity contribution >= 4 is 53.1 Å². The zero-order valence-corrected chi connectivity index (χ0v) is 28.3. The van der Waals surface area contributed by atoms with E-state index in [-0.39, 0.29) is 0 Å². The third kappa shape index (κ3) is 5.25. The molecule has 0 fully saturated rings. The Labute approximate surface area is 299 Å². The molecular weight excluding hydrogens is 639 g/mol. The Morgan fingerprint density at radius 3 is 1.55 bits per heavy atom. The normalized spacial score (nSPS) is 11.5. The number of hydrogen-bond donors (Lipinski definition) is 0. The Balaban J connectivity index is 1.08. The first-order valence-electron chi connectivity index (χ1n) is 17.1. The lowest BCUT2D eigenvalue weighted by Gasteiger charge is -2.11. The standard InChI is InChI=1S/C47H29N3S/c1-2-11-36-29-37(28-19-30(36)9-1)47-49-45(34-24-20-32(21-25-34)39-15-7-12-31-10-3-4-13-38(31)39)48-46(50-47)35-26-22-33(23-27-35)40-16-8-18-43-44(40)41-14-5-6-17-42(41)51-43/h1-29H. The predicted molar refractivity (Wildman–Crippen MR) is 215 cm³/mol. The molecule has 0 unspecified atom stereocenters. The maximum atomic E-state index is 5.08. The van der Waals surface area contributed by atoms with Gasteiger partial charge in [-0.1, -0.05) is 158 Å². The summed E-state index contributed by atoms with van der Waals surface area (Å²) in [6.07, 6.45) is 0. The van der Waals surface area contributed by atoms with Gasteiger partial charge in [0.1, 0.15) is 0 Å². The van der Waals surface area contributed by atoms with Crippen molar-refractivity contribution in [2.45, 2.75) is 0 Å². The van der Waals surface area contributed by atoms with Crippen LogP contribution >= 0.6 is 11.3 Å². The first-order chi connectivity index (χ1) is 25.2. The van der Waals surface area contributed by atoms with Crippen molar-refractivity contribution in [3.05, 3.63) is 176 Å². The number of rotatable bonds is 5. The second-order valence-electron chi connectivity index (χ2n) is 12.8. The Morgan fingerprint density at radius 2 is 0.804 bits per heavy atom. The minimum absolute atomic E-state index is 0.645. The van der Waals surface area contributed by atoms with Gasteiger partial charge in [0.15, 0.2) is 17.5 Å². The van der Waals surface area contributed by atoms with Crippen LogP contribution in [0.5, 0.6) is 0 Å². The Kier molecular flexibility index (Phi) is 7.00. The zero-order chi connectivity index (χ0) is 33.7. The minimum Gasteiger partial charge on any atom is -0.208 e. The van der Waals surface area contributed by atoms with Crippen LogP contribution in [0.4, 0.5) is 0 Å². The van der Waals surface area contributed by atoms with Crippen LogP contribution in [0.25, 0.3) is 98.1 Å². The van der Waals surface area contributed by atoms with Gasteiger partial charge in [0.05, 0.1) is 0 Å². The van der Waals surface area contributed by atoms with E-state index in [1.165, 1.54) is 53.0 Å². The molecule has 238 valence electrons. The van der Waals surface area contributed by atoms with Gasteiger partial charge >= 0.3 is 0 Å². The average Bonchev–Trinajstić information content (AvgIpc) is 3.59. The van der Waals surface area contributed by atoms with Crippen molar-refractivity contribution in [1.82, 2.24) is 15.0 Å². The van der Waals surface area contributed by atoms with Crippen molar-refractivity contribution in [3.8, 4) is 56.4 Å². The molecular formula is C47H29N3S. The van der Waals surface area contributed by atoms with Crippen molar-refractivity contribution in [2.75, 3.05) is 0 Å². The summed E-state index contributed by atoms with van der Waals surface area (Å²) in [4.78, 5) is 15.2. The fourth-order valence-electron chi connectivity index (χ4n) is 7.18. The van der Waals surface area contributed by atoms with Crippen LogP contribution in [0.1, 0.15) is 0 Å². The molecule has 0 amide bonds. The fraction of sp³-hybridized carbons (Fsp3) is 0. The lowest BCUT2D eigenvalue weighted by molar-refractivity contribution is 1.07. The summed E-state index contributed by atoms with van der Waals surface area (Å²) in [5, 5.41) is 7.40. The highest BCUT2D eigenvalue weighted by atomic mass is 32.1. The Hall–Kier alpha value is -6.49. The zero-order valence-electron chi connectivity index (χ0n) is 27.5. The summed E-state index contributed by atoms with van der Waals surface area (Å²) in [5.41, 5.74) is 7.61. The topological polar surface area (TPSA) is 38.7 Å². The number of hydrogen-bond acceptors (Lipinski definition) is 4. The number of fused-ring (bicyclic) bond motifs is 5. The van der Waals surface area contributed by atoms with E-state index >= 15 is 0 Å². The fourth-order valence-corrected chi connectivity index (χ4v) is 8.31. The predicted octanol–water partition coefficient (Wildman–Crippen LogP) is 12.9. The molecule has 2 heterocycles. The van der Waals surface area contributed by atoms with Crippen molar-refractivity contribution in [1.29, 1.82) is 0 Å². The summed E-state index contributed by atoms with van der Waals surface area (Å²) < 4.78 is 2.60. The summed E-state index contributed by atoms with van der Waals surface area (Å²) in [7, 11) is 0. The Morgan fingerprint density at radius 1 is 0.314 bits per heavy atom. The summed E-state index contributed by atoms with van der Waals surface area (Å²) in [5.74, 6) is 1.94. The molecule has 10 rings (SSSR count). The van der Waals surface area contributed by atoms with E-state index in [2.05, 4.69) is 176 Å². The molecule has 3 nitrogen and oxygen atoms in total. The molecule has 0 saturated carbocycles. The molecule has 0 atom stereocenters. The van der Waals surface area contributed by atoms with Crippen LogP contribution < -0.4 is 0 Å². The minimum atomic E-state index is 0.645. The van der Waals surface area contributed by atoms with Crippen molar-refractivity contribution in [3.63, 3.8) is 0 Å². The molecule has 0 aliphatic carbocycles. The van der Waals surface area contributed by atoms with E-state index in [9.17, 15) is 0 Å². The van der Waals surface area contributed by atoms with Gasteiger partial charge in [0, 0.05) is 36.9 Å². The average molecular weight is 668 g/mol.